The third kappa shape index (κ3) is 1.89. The topological polar surface area (TPSA) is 29.3 Å². The summed E-state index contributed by atoms with van der Waals surface area (Å²) >= 11 is 0. The number of hydrogen-bond acceptors (Lipinski definition) is 2. The van der Waals surface area contributed by atoms with Gasteiger partial charge in [0.1, 0.15) is 0 Å². The maximum absolute atomic E-state index is 13.6. The Bertz CT molecular complexity index is 391. The molecule has 16 heavy (non-hydrogen) atoms. The van der Waals surface area contributed by atoms with Crippen LogP contribution in [0, 0.1) is 0 Å². The highest BCUT2D eigenvalue weighted by Gasteiger charge is 2.31. The molecule has 1 heterocycles. The van der Waals surface area contributed by atoms with Crippen molar-refractivity contribution in [3.63, 3.8) is 0 Å². The zero-order chi connectivity index (χ0) is 11.8. The lowest BCUT2D eigenvalue weighted by Crippen LogP contribution is -2.18. The number of alkyl halides is 2. The van der Waals surface area contributed by atoms with Crippen molar-refractivity contribution in [2.24, 2.45) is 5.73 Å². The Morgan fingerprint density at radius 2 is 2.19 bits per heavy atom. The van der Waals surface area contributed by atoms with E-state index in [-0.39, 0.29) is 18.5 Å². The second kappa shape index (κ2) is 4.01. The molecule has 0 radical (unpaired) electrons. The average Bonchev–Trinajstić information content (AvgIpc) is 2.60. The lowest BCUT2D eigenvalue weighted by atomic mass is 10.0. The highest BCUT2D eigenvalue weighted by molar-refractivity contribution is 5.58. The van der Waals surface area contributed by atoms with Gasteiger partial charge in [0.05, 0.1) is 0 Å². The van der Waals surface area contributed by atoms with Gasteiger partial charge in [0.25, 0.3) is 5.92 Å². The van der Waals surface area contributed by atoms with Crippen molar-refractivity contribution in [3.8, 4) is 0 Å². The van der Waals surface area contributed by atoms with Crippen molar-refractivity contribution in [2.45, 2.75) is 18.8 Å². The molecule has 0 aromatic heterocycles. The van der Waals surface area contributed by atoms with Gasteiger partial charge in [0, 0.05) is 31.3 Å². The van der Waals surface area contributed by atoms with Gasteiger partial charge in [-0.25, -0.2) is 8.78 Å². The van der Waals surface area contributed by atoms with Crippen LogP contribution in [0.2, 0.25) is 0 Å². The summed E-state index contributed by atoms with van der Waals surface area (Å²) in [5, 5.41) is 0. The van der Waals surface area contributed by atoms with Crippen LogP contribution in [0.3, 0.4) is 0 Å². The minimum absolute atomic E-state index is 0.00396. The molecule has 1 aliphatic rings. The Kier molecular flexibility index (Phi) is 2.84. The Balaban J connectivity index is 2.32. The predicted molar refractivity (Wildman–Crippen MR) is 61.0 cm³/mol. The van der Waals surface area contributed by atoms with E-state index in [4.69, 9.17) is 5.73 Å². The molecule has 0 bridgehead atoms. The molecule has 0 aliphatic carbocycles. The van der Waals surface area contributed by atoms with Crippen LogP contribution >= 0.6 is 0 Å². The molecule has 0 fully saturated rings. The summed E-state index contributed by atoms with van der Waals surface area (Å²) in [7, 11) is 1.98. The van der Waals surface area contributed by atoms with E-state index in [1.165, 1.54) is 6.07 Å². The number of likely N-dealkylation sites (N-methyl/N-ethyl adjacent to an activating group) is 1. The highest BCUT2D eigenvalue weighted by Crippen LogP contribution is 2.35. The van der Waals surface area contributed by atoms with Crippen molar-refractivity contribution >= 4 is 5.69 Å². The molecular formula is C12H16F2N2. The van der Waals surface area contributed by atoms with Crippen molar-refractivity contribution in [1.29, 1.82) is 0 Å². The highest BCUT2D eigenvalue weighted by atomic mass is 19.3. The SMILES string of the molecule is CN1CCc2cc(C(F)(F)CCN)ccc21. The van der Waals surface area contributed by atoms with Gasteiger partial charge in [-0.15, -0.1) is 0 Å². The minimum Gasteiger partial charge on any atom is -0.374 e. The lowest BCUT2D eigenvalue weighted by molar-refractivity contribution is -0.0107. The number of anilines is 1. The molecule has 4 heteroatoms. The van der Waals surface area contributed by atoms with Crippen LogP contribution in [0.25, 0.3) is 0 Å². The molecule has 0 atom stereocenters. The van der Waals surface area contributed by atoms with Crippen molar-refractivity contribution in [3.05, 3.63) is 29.3 Å². The smallest absolute Gasteiger partial charge is 0.274 e. The fourth-order valence-corrected chi connectivity index (χ4v) is 2.12. The van der Waals surface area contributed by atoms with Gasteiger partial charge in [-0.2, -0.15) is 0 Å². The standard InChI is InChI=1S/C12H16F2N2/c1-16-7-4-9-8-10(2-3-11(9)16)12(13,14)5-6-15/h2-3,8H,4-7,15H2,1H3. The van der Waals surface area contributed by atoms with Gasteiger partial charge < -0.3 is 10.6 Å². The van der Waals surface area contributed by atoms with Gasteiger partial charge in [-0.05, 0) is 30.7 Å². The fraction of sp³-hybridized carbons (Fsp3) is 0.500. The first-order valence-electron chi connectivity index (χ1n) is 5.47. The van der Waals surface area contributed by atoms with Gasteiger partial charge in [0.15, 0.2) is 0 Å². The van der Waals surface area contributed by atoms with Crippen LogP contribution in [0.15, 0.2) is 18.2 Å². The first-order chi connectivity index (χ1) is 7.54. The van der Waals surface area contributed by atoms with Gasteiger partial charge in [0.2, 0.25) is 0 Å². The third-order valence-corrected chi connectivity index (χ3v) is 3.09. The molecule has 2 rings (SSSR count). The van der Waals surface area contributed by atoms with E-state index < -0.39 is 5.92 Å². The van der Waals surface area contributed by atoms with Crippen LogP contribution in [0.4, 0.5) is 14.5 Å². The van der Waals surface area contributed by atoms with Crippen LogP contribution in [-0.2, 0) is 12.3 Å². The summed E-state index contributed by atoms with van der Waals surface area (Å²) in [5.41, 5.74) is 7.36. The van der Waals surface area contributed by atoms with Crippen LogP contribution in [0.5, 0.6) is 0 Å². The number of rotatable bonds is 3. The first kappa shape index (κ1) is 11.3. The summed E-state index contributed by atoms with van der Waals surface area (Å²) in [5.74, 6) is -2.80. The summed E-state index contributed by atoms with van der Waals surface area (Å²) in [6.45, 7) is 0.908. The Hall–Kier alpha value is -1.16. The second-order valence-electron chi connectivity index (χ2n) is 4.26. The van der Waals surface area contributed by atoms with Gasteiger partial charge >= 0.3 is 0 Å². The normalized spacial score (nSPS) is 15.4. The quantitative estimate of drug-likeness (QED) is 0.855. The maximum Gasteiger partial charge on any atom is 0.274 e. The monoisotopic (exact) mass is 226 g/mol. The zero-order valence-electron chi connectivity index (χ0n) is 9.34. The summed E-state index contributed by atoms with van der Waals surface area (Å²) in [6.07, 6.45) is 0.556. The summed E-state index contributed by atoms with van der Waals surface area (Å²) in [6, 6.07) is 4.91. The molecular weight excluding hydrogens is 210 g/mol. The molecule has 0 saturated carbocycles. The number of halogens is 2. The van der Waals surface area contributed by atoms with E-state index in [2.05, 4.69) is 4.90 Å². The van der Waals surface area contributed by atoms with Crippen LogP contribution in [-0.4, -0.2) is 20.1 Å². The van der Waals surface area contributed by atoms with Crippen molar-refractivity contribution in [2.75, 3.05) is 25.0 Å². The molecule has 2 nitrogen and oxygen atoms in total. The molecule has 2 N–H and O–H groups in total. The molecule has 1 aromatic carbocycles. The van der Waals surface area contributed by atoms with E-state index in [1.54, 1.807) is 12.1 Å². The minimum atomic E-state index is -2.80. The number of benzene rings is 1. The number of nitrogens with zero attached hydrogens (tertiary/aromatic N) is 1. The zero-order valence-corrected chi connectivity index (χ0v) is 9.34. The van der Waals surface area contributed by atoms with E-state index >= 15 is 0 Å². The average molecular weight is 226 g/mol. The third-order valence-electron chi connectivity index (χ3n) is 3.09. The largest absolute Gasteiger partial charge is 0.374 e. The fourth-order valence-electron chi connectivity index (χ4n) is 2.12. The number of hydrogen-bond donors (Lipinski definition) is 1. The molecule has 0 amide bonds. The van der Waals surface area contributed by atoms with Gasteiger partial charge in [-0.3, -0.25) is 0 Å². The van der Waals surface area contributed by atoms with Crippen LogP contribution in [0.1, 0.15) is 17.5 Å². The summed E-state index contributed by atoms with van der Waals surface area (Å²) < 4.78 is 27.3. The molecule has 1 aromatic rings. The van der Waals surface area contributed by atoms with E-state index in [0.29, 0.717) is 0 Å². The maximum atomic E-state index is 13.6. The number of nitrogens with two attached hydrogens (primary N) is 1. The van der Waals surface area contributed by atoms with E-state index in [1.807, 2.05) is 7.05 Å². The van der Waals surface area contributed by atoms with Crippen molar-refractivity contribution < 1.29 is 8.78 Å². The molecule has 88 valence electrons. The number of fused-ring (bicyclic) bond motifs is 1. The van der Waals surface area contributed by atoms with Crippen LogP contribution < -0.4 is 10.6 Å². The second-order valence-corrected chi connectivity index (χ2v) is 4.26. The Morgan fingerprint density at radius 3 is 2.88 bits per heavy atom. The Morgan fingerprint density at radius 1 is 1.44 bits per heavy atom. The van der Waals surface area contributed by atoms with E-state index in [0.717, 1.165) is 24.2 Å². The first-order valence-corrected chi connectivity index (χ1v) is 5.47. The van der Waals surface area contributed by atoms with Gasteiger partial charge in [-0.1, -0.05) is 6.07 Å². The predicted octanol–water partition coefficient (Wildman–Crippen LogP) is 2.12. The Labute approximate surface area is 94.0 Å². The molecule has 0 spiro atoms. The lowest BCUT2D eigenvalue weighted by Gasteiger charge is -2.18. The molecule has 0 saturated heterocycles. The summed E-state index contributed by atoms with van der Waals surface area (Å²) in [4.78, 5) is 2.08. The van der Waals surface area contributed by atoms with Crippen molar-refractivity contribution in [1.82, 2.24) is 0 Å². The molecule has 0 unspecified atom stereocenters. The molecule has 1 aliphatic heterocycles. The van der Waals surface area contributed by atoms with E-state index in [9.17, 15) is 8.78 Å².